The Morgan fingerprint density at radius 2 is 2.13 bits per heavy atom. The van der Waals surface area contributed by atoms with Crippen LogP contribution in [0, 0.1) is 5.41 Å². The lowest BCUT2D eigenvalue weighted by Gasteiger charge is -2.32. The van der Waals surface area contributed by atoms with Crippen LogP contribution in [0.4, 0.5) is 0 Å². The summed E-state index contributed by atoms with van der Waals surface area (Å²) < 4.78 is 10.1. The number of halogens is 1. The number of carbonyl (C=O) groups is 1. The molecule has 0 aromatic carbocycles. The number of nitrogens with one attached hydrogen (secondary N) is 1. The number of methoxy groups -OCH3 is 1. The first-order chi connectivity index (χ1) is 6.76. The van der Waals surface area contributed by atoms with E-state index in [-0.39, 0.29) is 29.8 Å². The zero-order valence-corrected chi connectivity index (χ0v) is 9.77. The third-order valence-corrected chi connectivity index (χ3v) is 3.40. The predicted molar refractivity (Wildman–Crippen MR) is 58.2 cm³/mol. The lowest BCUT2D eigenvalue weighted by Crippen LogP contribution is -2.31. The zero-order chi connectivity index (χ0) is 10.0. The average Bonchev–Trinajstić information content (AvgIpc) is 2.62. The molecule has 0 saturated carbocycles. The summed E-state index contributed by atoms with van der Waals surface area (Å²) in [6.07, 6.45) is 3.03. The van der Waals surface area contributed by atoms with Crippen molar-refractivity contribution in [2.45, 2.75) is 25.3 Å². The largest absolute Gasteiger partial charge is 0.468 e. The van der Waals surface area contributed by atoms with Gasteiger partial charge in [0.25, 0.3) is 0 Å². The van der Waals surface area contributed by atoms with E-state index in [4.69, 9.17) is 9.47 Å². The van der Waals surface area contributed by atoms with Crippen LogP contribution in [0.15, 0.2) is 0 Å². The molecule has 88 valence electrons. The fourth-order valence-corrected chi connectivity index (χ4v) is 2.41. The maximum absolute atomic E-state index is 11.3. The van der Waals surface area contributed by atoms with E-state index in [0.717, 1.165) is 39.0 Å². The predicted octanol–water partition coefficient (Wildman–Crippen LogP) is 0.740. The Bertz CT molecular complexity index is 229. The molecule has 0 aromatic rings. The third kappa shape index (κ3) is 2.62. The second-order valence-electron chi connectivity index (χ2n) is 4.27. The molecule has 1 N–H and O–H groups in total. The van der Waals surface area contributed by atoms with Gasteiger partial charge >= 0.3 is 5.97 Å². The molecule has 2 saturated heterocycles. The molecule has 0 amide bonds. The van der Waals surface area contributed by atoms with Crippen LogP contribution in [0.25, 0.3) is 0 Å². The van der Waals surface area contributed by atoms with E-state index in [1.807, 2.05) is 0 Å². The van der Waals surface area contributed by atoms with Gasteiger partial charge in [0.1, 0.15) is 6.04 Å². The second kappa shape index (κ2) is 5.14. The summed E-state index contributed by atoms with van der Waals surface area (Å²) in [6.45, 7) is 2.58. The number of rotatable bonds is 1. The maximum atomic E-state index is 11.3. The van der Waals surface area contributed by atoms with Gasteiger partial charge in [0, 0.05) is 19.8 Å². The van der Waals surface area contributed by atoms with Gasteiger partial charge in [0.15, 0.2) is 0 Å². The summed E-state index contributed by atoms with van der Waals surface area (Å²) in [5.41, 5.74) is 0.289. The van der Waals surface area contributed by atoms with E-state index in [1.165, 1.54) is 7.11 Å². The zero-order valence-electron chi connectivity index (χ0n) is 8.95. The molecule has 0 aliphatic carbocycles. The molecular formula is C10H18ClNO3. The Morgan fingerprint density at radius 3 is 2.73 bits per heavy atom. The van der Waals surface area contributed by atoms with E-state index in [9.17, 15) is 4.79 Å². The van der Waals surface area contributed by atoms with Crippen LogP contribution in [0.3, 0.4) is 0 Å². The summed E-state index contributed by atoms with van der Waals surface area (Å²) in [6, 6.07) is -0.0990. The average molecular weight is 236 g/mol. The molecule has 1 atom stereocenters. The lowest BCUT2D eigenvalue weighted by atomic mass is 9.78. The molecule has 1 unspecified atom stereocenters. The van der Waals surface area contributed by atoms with Crippen molar-refractivity contribution in [2.24, 2.45) is 5.41 Å². The number of ether oxygens (including phenoxy) is 2. The van der Waals surface area contributed by atoms with E-state index in [2.05, 4.69) is 5.32 Å². The summed E-state index contributed by atoms with van der Waals surface area (Å²) >= 11 is 0. The minimum absolute atomic E-state index is 0. The topological polar surface area (TPSA) is 47.6 Å². The first-order valence-corrected chi connectivity index (χ1v) is 5.15. The Labute approximate surface area is 96.1 Å². The van der Waals surface area contributed by atoms with Crippen LogP contribution in [0.5, 0.6) is 0 Å². The number of hydrogen-bond donors (Lipinski definition) is 1. The molecule has 15 heavy (non-hydrogen) atoms. The molecular weight excluding hydrogens is 218 g/mol. The number of esters is 1. The number of hydrogen-bond acceptors (Lipinski definition) is 4. The first-order valence-electron chi connectivity index (χ1n) is 5.15. The molecule has 4 nitrogen and oxygen atoms in total. The van der Waals surface area contributed by atoms with Crippen LogP contribution in [0.2, 0.25) is 0 Å². The van der Waals surface area contributed by atoms with Gasteiger partial charge in [-0.25, -0.2) is 0 Å². The summed E-state index contributed by atoms with van der Waals surface area (Å²) in [5.74, 6) is -0.131. The molecule has 0 aromatic heterocycles. The van der Waals surface area contributed by atoms with E-state index in [1.54, 1.807) is 0 Å². The van der Waals surface area contributed by atoms with E-state index >= 15 is 0 Å². The Kier molecular flexibility index (Phi) is 4.37. The molecule has 2 fully saturated rings. The molecule has 5 heteroatoms. The van der Waals surface area contributed by atoms with E-state index in [0.29, 0.717) is 0 Å². The Morgan fingerprint density at radius 1 is 1.47 bits per heavy atom. The second-order valence-corrected chi connectivity index (χ2v) is 4.27. The minimum atomic E-state index is -0.131. The van der Waals surface area contributed by atoms with Gasteiger partial charge < -0.3 is 14.8 Å². The van der Waals surface area contributed by atoms with Crippen LogP contribution < -0.4 is 5.32 Å². The van der Waals surface area contributed by atoms with Gasteiger partial charge in [0.2, 0.25) is 0 Å². The van der Waals surface area contributed by atoms with Crippen molar-refractivity contribution in [3.05, 3.63) is 0 Å². The van der Waals surface area contributed by atoms with Crippen molar-refractivity contribution in [3.8, 4) is 0 Å². The molecule has 0 bridgehead atoms. The molecule has 1 spiro atoms. The highest BCUT2D eigenvalue weighted by molar-refractivity contribution is 5.85. The summed E-state index contributed by atoms with van der Waals surface area (Å²) in [5, 5.41) is 3.24. The highest BCUT2D eigenvalue weighted by Gasteiger charge is 2.42. The van der Waals surface area contributed by atoms with Crippen molar-refractivity contribution >= 4 is 18.4 Å². The van der Waals surface area contributed by atoms with Crippen LogP contribution in [-0.2, 0) is 14.3 Å². The van der Waals surface area contributed by atoms with Crippen LogP contribution in [-0.4, -0.2) is 38.9 Å². The monoisotopic (exact) mass is 235 g/mol. The highest BCUT2D eigenvalue weighted by Crippen LogP contribution is 2.38. The van der Waals surface area contributed by atoms with Crippen molar-refractivity contribution in [3.63, 3.8) is 0 Å². The van der Waals surface area contributed by atoms with E-state index < -0.39 is 0 Å². The minimum Gasteiger partial charge on any atom is -0.468 e. The SMILES string of the molecule is COC(=O)C1CC2(CCOCC2)CN1.Cl. The summed E-state index contributed by atoms with van der Waals surface area (Å²) in [4.78, 5) is 11.3. The lowest BCUT2D eigenvalue weighted by molar-refractivity contribution is -0.143. The molecule has 2 rings (SSSR count). The Hall–Kier alpha value is -0.320. The van der Waals surface area contributed by atoms with Gasteiger partial charge in [-0.3, -0.25) is 4.79 Å². The highest BCUT2D eigenvalue weighted by atomic mass is 35.5. The van der Waals surface area contributed by atoms with Crippen LogP contribution >= 0.6 is 12.4 Å². The smallest absolute Gasteiger partial charge is 0.322 e. The van der Waals surface area contributed by atoms with Crippen molar-refractivity contribution in [1.29, 1.82) is 0 Å². The van der Waals surface area contributed by atoms with Gasteiger partial charge in [-0.2, -0.15) is 0 Å². The molecule has 0 radical (unpaired) electrons. The fourth-order valence-electron chi connectivity index (χ4n) is 2.41. The molecule has 2 heterocycles. The molecule has 2 aliphatic rings. The first kappa shape index (κ1) is 12.7. The van der Waals surface area contributed by atoms with Crippen molar-refractivity contribution in [1.82, 2.24) is 5.32 Å². The maximum Gasteiger partial charge on any atom is 0.322 e. The van der Waals surface area contributed by atoms with Gasteiger partial charge in [-0.05, 0) is 24.7 Å². The fraction of sp³-hybridized carbons (Fsp3) is 0.900. The third-order valence-electron chi connectivity index (χ3n) is 3.40. The molecule has 2 aliphatic heterocycles. The standard InChI is InChI=1S/C10H17NO3.ClH/c1-13-9(12)8-6-10(7-11-8)2-4-14-5-3-10;/h8,11H,2-7H2,1H3;1H. The summed E-state index contributed by atoms with van der Waals surface area (Å²) in [7, 11) is 1.44. The van der Waals surface area contributed by atoms with Gasteiger partial charge in [0.05, 0.1) is 7.11 Å². The van der Waals surface area contributed by atoms with Gasteiger partial charge in [-0.15, -0.1) is 12.4 Å². The van der Waals surface area contributed by atoms with Gasteiger partial charge in [-0.1, -0.05) is 0 Å². The quantitative estimate of drug-likeness (QED) is 0.681. The van der Waals surface area contributed by atoms with Crippen molar-refractivity contribution in [2.75, 3.05) is 26.9 Å². The normalized spacial score (nSPS) is 28.5. The number of carbonyl (C=O) groups excluding carboxylic acids is 1. The van der Waals surface area contributed by atoms with Crippen LogP contribution in [0.1, 0.15) is 19.3 Å². The van der Waals surface area contributed by atoms with Crippen molar-refractivity contribution < 1.29 is 14.3 Å². The Balaban J connectivity index is 0.00000112.